The highest BCUT2D eigenvalue weighted by molar-refractivity contribution is 7.12. The van der Waals surface area contributed by atoms with Crippen molar-refractivity contribution in [2.45, 2.75) is 56.3 Å². The number of nitrogens with one attached hydrogen (secondary N) is 3. The molecule has 0 aromatic carbocycles. The molecule has 2 aliphatic heterocycles. The van der Waals surface area contributed by atoms with Gasteiger partial charge in [-0.05, 0) is 37.1 Å². The summed E-state index contributed by atoms with van der Waals surface area (Å²) in [6.45, 7) is 1.22. The van der Waals surface area contributed by atoms with E-state index < -0.39 is 0 Å². The fraction of sp³-hybridized carbons (Fsp3) is 0.611. The summed E-state index contributed by atoms with van der Waals surface area (Å²) in [7, 11) is 0. The zero-order chi connectivity index (χ0) is 18.1. The van der Waals surface area contributed by atoms with Gasteiger partial charge in [-0.1, -0.05) is 6.07 Å². The minimum atomic E-state index is -0.214. The standard InChI is InChI=1S/C18H24N4O3S/c23-16(20-11-3-4-11)6-5-13-9-19-17(24)14-8-12(10-22(13)14)21-18(25)15-2-1-7-26-15/h1-2,7,11-14H,3-6,8-10H2,(H,19,24)(H,20,23)(H,21,25)/t12-,13+,14-/m0/s1. The van der Waals surface area contributed by atoms with Gasteiger partial charge in [0.1, 0.15) is 0 Å². The molecule has 8 heteroatoms. The number of hydrogen-bond acceptors (Lipinski definition) is 5. The van der Waals surface area contributed by atoms with Crippen molar-refractivity contribution in [1.29, 1.82) is 0 Å². The Labute approximate surface area is 156 Å². The van der Waals surface area contributed by atoms with Crippen molar-refractivity contribution in [2.75, 3.05) is 13.1 Å². The van der Waals surface area contributed by atoms with Crippen molar-refractivity contribution in [3.8, 4) is 0 Å². The molecule has 3 fully saturated rings. The number of amides is 3. The van der Waals surface area contributed by atoms with Crippen LogP contribution in [0.1, 0.15) is 41.8 Å². The third kappa shape index (κ3) is 3.91. The van der Waals surface area contributed by atoms with Gasteiger partial charge >= 0.3 is 0 Å². The van der Waals surface area contributed by atoms with Gasteiger partial charge in [-0.25, -0.2) is 0 Å². The Balaban J connectivity index is 1.33. The highest BCUT2D eigenvalue weighted by Gasteiger charge is 2.43. The number of rotatable bonds is 6. The lowest BCUT2D eigenvalue weighted by atomic mass is 10.0. The molecule has 0 spiro atoms. The smallest absolute Gasteiger partial charge is 0.261 e. The van der Waals surface area contributed by atoms with Crippen LogP contribution >= 0.6 is 11.3 Å². The second kappa shape index (κ2) is 7.36. The van der Waals surface area contributed by atoms with Crippen LogP contribution in [0.25, 0.3) is 0 Å². The first-order valence-electron chi connectivity index (χ1n) is 9.27. The molecular weight excluding hydrogens is 352 g/mol. The number of nitrogens with zero attached hydrogens (tertiary/aromatic N) is 1. The van der Waals surface area contributed by atoms with Gasteiger partial charge < -0.3 is 16.0 Å². The molecule has 1 saturated carbocycles. The summed E-state index contributed by atoms with van der Waals surface area (Å²) in [5.41, 5.74) is 0. The molecule has 26 heavy (non-hydrogen) atoms. The average Bonchev–Trinajstić information content (AvgIpc) is 3.11. The fourth-order valence-electron chi connectivity index (χ4n) is 3.84. The second-order valence-electron chi connectivity index (χ2n) is 7.38. The molecule has 1 aromatic heterocycles. The topological polar surface area (TPSA) is 90.5 Å². The van der Waals surface area contributed by atoms with Crippen LogP contribution in [0.2, 0.25) is 0 Å². The van der Waals surface area contributed by atoms with Crippen molar-refractivity contribution in [2.24, 2.45) is 0 Å². The highest BCUT2D eigenvalue weighted by Crippen LogP contribution is 2.26. The van der Waals surface area contributed by atoms with E-state index >= 15 is 0 Å². The number of thiophene rings is 1. The van der Waals surface area contributed by atoms with Gasteiger partial charge in [0.2, 0.25) is 11.8 Å². The zero-order valence-corrected chi connectivity index (χ0v) is 15.4. The third-order valence-corrected chi connectivity index (χ3v) is 6.22. The summed E-state index contributed by atoms with van der Waals surface area (Å²) in [6.07, 6.45) is 4.00. The predicted molar refractivity (Wildman–Crippen MR) is 97.9 cm³/mol. The number of piperazine rings is 1. The summed E-state index contributed by atoms with van der Waals surface area (Å²) >= 11 is 1.41. The molecule has 1 aliphatic carbocycles. The molecule has 1 aromatic rings. The van der Waals surface area contributed by atoms with Crippen molar-refractivity contribution in [3.05, 3.63) is 22.4 Å². The van der Waals surface area contributed by atoms with Crippen LogP contribution in [0.5, 0.6) is 0 Å². The quantitative estimate of drug-likeness (QED) is 0.674. The molecule has 3 N–H and O–H groups in total. The first-order valence-corrected chi connectivity index (χ1v) is 10.2. The molecule has 3 heterocycles. The van der Waals surface area contributed by atoms with E-state index in [0.29, 0.717) is 36.9 Å². The lowest BCUT2D eigenvalue weighted by Gasteiger charge is -2.37. The van der Waals surface area contributed by atoms with E-state index in [-0.39, 0.29) is 35.8 Å². The van der Waals surface area contributed by atoms with Gasteiger partial charge in [-0.2, -0.15) is 0 Å². The molecule has 2 saturated heterocycles. The normalized spacial score (nSPS) is 28.3. The van der Waals surface area contributed by atoms with E-state index in [1.54, 1.807) is 6.07 Å². The Hall–Kier alpha value is -1.93. The van der Waals surface area contributed by atoms with Crippen LogP contribution in [0.3, 0.4) is 0 Å². The van der Waals surface area contributed by atoms with Gasteiger partial charge in [-0.3, -0.25) is 19.3 Å². The number of carbonyl (C=O) groups is 3. The summed E-state index contributed by atoms with van der Waals surface area (Å²) in [5.74, 6) is 0.0462. The molecule has 3 amide bonds. The first-order chi connectivity index (χ1) is 12.6. The van der Waals surface area contributed by atoms with E-state index in [2.05, 4.69) is 20.9 Å². The lowest BCUT2D eigenvalue weighted by Crippen LogP contribution is -2.58. The Morgan fingerprint density at radius 2 is 2.12 bits per heavy atom. The Kier molecular flexibility index (Phi) is 4.95. The molecular formula is C18H24N4O3S. The lowest BCUT2D eigenvalue weighted by molar-refractivity contribution is -0.129. The average molecular weight is 376 g/mol. The SMILES string of the molecule is O=C(CC[C@@H]1CNC(=O)[C@@H]2C[C@H](NC(=O)c3cccs3)CN12)NC1CC1. The summed E-state index contributed by atoms with van der Waals surface area (Å²) in [5, 5.41) is 10.9. The van der Waals surface area contributed by atoms with Gasteiger partial charge in [0.05, 0.1) is 10.9 Å². The minimum absolute atomic E-state index is 0.0246. The fourth-order valence-corrected chi connectivity index (χ4v) is 4.46. The molecule has 7 nitrogen and oxygen atoms in total. The predicted octanol–water partition coefficient (Wildman–Crippen LogP) is 0.478. The Bertz CT molecular complexity index is 689. The molecule has 3 atom stereocenters. The van der Waals surface area contributed by atoms with Gasteiger partial charge in [-0.15, -0.1) is 11.3 Å². The van der Waals surface area contributed by atoms with Crippen molar-refractivity contribution in [1.82, 2.24) is 20.9 Å². The zero-order valence-electron chi connectivity index (χ0n) is 14.6. The van der Waals surface area contributed by atoms with Crippen LogP contribution < -0.4 is 16.0 Å². The van der Waals surface area contributed by atoms with E-state index in [4.69, 9.17) is 0 Å². The molecule has 0 bridgehead atoms. The number of fused-ring (bicyclic) bond motifs is 1. The third-order valence-electron chi connectivity index (χ3n) is 5.35. The van der Waals surface area contributed by atoms with E-state index in [1.807, 2.05) is 11.4 Å². The van der Waals surface area contributed by atoms with E-state index in [0.717, 1.165) is 19.3 Å². The minimum Gasteiger partial charge on any atom is -0.353 e. The van der Waals surface area contributed by atoms with Crippen molar-refractivity contribution < 1.29 is 14.4 Å². The molecule has 0 unspecified atom stereocenters. The molecule has 4 rings (SSSR count). The maximum atomic E-state index is 12.3. The Morgan fingerprint density at radius 3 is 2.85 bits per heavy atom. The van der Waals surface area contributed by atoms with Crippen LogP contribution in [0.4, 0.5) is 0 Å². The maximum Gasteiger partial charge on any atom is 0.261 e. The van der Waals surface area contributed by atoms with Crippen LogP contribution in [-0.4, -0.2) is 59.9 Å². The second-order valence-corrected chi connectivity index (χ2v) is 8.32. The highest BCUT2D eigenvalue weighted by atomic mass is 32.1. The van der Waals surface area contributed by atoms with Crippen LogP contribution in [-0.2, 0) is 9.59 Å². The van der Waals surface area contributed by atoms with Gasteiger partial charge in [0.15, 0.2) is 0 Å². The van der Waals surface area contributed by atoms with E-state index in [9.17, 15) is 14.4 Å². The van der Waals surface area contributed by atoms with Gasteiger partial charge in [0.25, 0.3) is 5.91 Å². The maximum absolute atomic E-state index is 12.3. The number of carbonyl (C=O) groups excluding carboxylic acids is 3. The Morgan fingerprint density at radius 1 is 1.27 bits per heavy atom. The summed E-state index contributed by atoms with van der Waals surface area (Å²) in [4.78, 5) is 39.3. The first kappa shape index (κ1) is 17.5. The largest absolute Gasteiger partial charge is 0.353 e. The summed E-state index contributed by atoms with van der Waals surface area (Å²) < 4.78 is 0. The van der Waals surface area contributed by atoms with Crippen LogP contribution in [0.15, 0.2) is 17.5 Å². The van der Waals surface area contributed by atoms with Gasteiger partial charge in [0, 0.05) is 37.6 Å². The van der Waals surface area contributed by atoms with Crippen LogP contribution in [0, 0.1) is 0 Å². The molecule has 140 valence electrons. The van der Waals surface area contributed by atoms with Crippen molar-refractivity contribution in [3.63, 3.8) is 0 Å². The number of hydrogen-bond donors (Lipinski definition) is 3. The van der Waals surface area contributed by atoms with Crippen molar-refractivity contribution >= 4 is 29.1 Å². The molecule has 0 radical (unpaired) electrons. The monoisotopic (exact) mass is 376 g/mol. The summed E-state index contributed by atoms with van der Waals surface area (Å²) in [6, 6.07) is 3.93. The molecule has 3 aliphatic rings. The van der Waals surface area contributed by atoms with E-state index in [1.165, 1.54) is 11.3 Å².